The Morgan fingerprint density at radius 3 is 2.67 bits per heavy atom. The largest absolute Gasteiger partial charge is 0.332 e. The average molecular weight is 388 g/mol. The fourth-order valence-corrected chi connectivity index (χ4v) is 3.96. The molecule has 27 heavy (non-hydrogen) atoms. The molecule has 0 aliphatic carbocycles. The van der Waals surface area contributed by atoms with Gasteiger partial charge in [-0.25, -0.2) is 4.42 Å². The number of halogens is 1. The number of nitrogens with zero attached hydrogens (tertiary/aromatic N) is 3. The van der Waals surface area contributed by atoms with Crippen LogP contribution in [0.1, 0.15) is 38.2 Å². The van der Waals surface area contributed by atoms with Crippen LogP contribution in [0, 0.1) is 17.8 Å². The molecule has 0 N–H and O–H groups in total. The van der Waals surface area contributed by atoms with Crippen molar-refractivity contribution in [3.8, 4) is 11.8 Å². The first-order chi connectivity index (χ1) is 13.0. The number of amides is 2. The van der Waals surface area contributed by atoms with Gasteiger partial charge in [0.1, 0.15) is 0 Å². The van der Waals surface area contributed by atoms with E-state index in [9.17, 15) is 9.59 Å². The summed E-state index contributed by atoms with van der Waals surface area (Å²) in [5.74, 6) is 6.28. The molecule has 144 valence electrons. The van der Waals surface area contributed by atoms with Crippen molar-refractivity contribution in [1.82, 2.24) is 9.80 Å². The minimum absolute atomic E-state index is 0.0180. The molecule has 2 fully saturated rings. The first kappa shape index (κ1) is 19.7. The van der Waals surface area contributed by atoms with E-state index >= 15 is 0 Å². The molecular formula is C21H26ClN3O2. The Morgan fingerprint density at radius 2 is 1.96 bits per heavy atom. The number of hydrogen-bond acceptors (Lipinski definition) is 3. The third-order valence-corrected chi connectivity index (χ3v) is 5.79. The van der Waals surface area contributed by atoms with Gasteiger partial charge in [0.15, 0.2) is 0 Å². The van der Waals surface area contributed by atoms with Gasteiger partial charge in [0, 0.05) is 37.9 Å². The molecule has 2 aliphatic rings. The molecule has 0 saturated carbocycles. The molecule has 0 bridgehead atoms. The number of likely N-dealkylation sites (tertiary alicyclic amines) is 2. The number of rotatable bonds is 3. The van der Waals surface area contributed by atoms with Gasteiger partial charge in [0.2, 0.25) is 11.8 Å². The molecule has 0 spiro atoms. The van der Waals surface area contributed by atoms with Crippen LogP contribution in [0.25, 0.3) is 0 Å². The molecule has 0 unspecified atom stereocenters. The summed E-state index contributed by atoms with van der Waals surface area (Å²) in [4.78, 5) is 28.4. The van der Waals surface area contributed by atoms with Crippen LogP contribution >= 0.6 is 11.8 Å². The number of hydrogen-bond donors (Lipinski definition) is 0. The smallest absolute Gasteiger partial charge is 0.238 e. The molecule has 5 nitrogen and oxygen atoms in total. The zero-order valence-corrected chi connectivity index (χ0v) is 16.7. The Bertz CT molecular complexity index is 764. The van der Waals surface area contributed by atoms with Crippen molar-refractivity contribution in [2.75, 3.05) is 31.1 Å². The van der Waals surface area contributed by atoms with Crippen LogP contribution in [0.2, 0.25) is 0 Å². The number of carbonyl (C=O) groups excluding carboxylic acids is 2. The fraction of sp³-hybridized carbons (Fsp3) is 0.524. The summed E-state index contributed by atoms with van der Waals surface area (Å²) >= 11 is 6.07. The summed E-state index contributed by atoms with van der Waals surface area (Å²) < 4.78 is 1.08. The Labute approximate surface area is 166 Å². The van der Waals surface area contributed by atoms with Crippen molar-refractivity contribution in [3.63, 3.8) is 0 Å². The van der Waals surface area contributed by atoms with Gasteiger partial charge in [-0.2, -0.15) is 0 Å². The highest BCUT2D eigenvalue weighted by atomic mass is 35.5. The summed E-state index contributed by atoms with van der Waals surface area (Å²) in [5, 5.41) is 0. The lowest BCUT2D eigenvalue weighted by molar-refractivity contribution is -0.130. The normalized spacial score (nSPS) is 23.1. The predicted octanol–water partition coefficient (Wildman–Crippen LogP) is 2.88. The van der Waals surface area contributed by atoms with Crippen molar-refractivity contribution in [3.05, 3.63) is 29.8 Å². The van der Waals surface area contributed by atoms with Crippen LogP contribution in [-0.2, 0) is 9.59 Å². The number of anilines is 1. The lowest BCUT2D eigenvalue weighted by Crippen LogP contribution is -2.37. The third-order valence-electron chi connectivity index (χ3n) is 5.36. The predicted molar refractivity (Wildman–Crippen MR) is 107 cm³/mol. The average Bonchev–Trinajstić information content (AvgIpc) is 2.94. The first-order valence-corrected chi connectivity index (χ1v) is 9.87. The zero-order chi connectivity index (χ0) is 19.4. The molecule has 1 aromatic carbocycles. The number of para-hydroxylation sites is 1. The highest BCUT2D eigenvalue weighted by Gasteiger charge is 2.37. The van der Waals surface area contributed by atoms with E-state index in [-0.39, 0.29) is 23.8 Å². The standard InChI is InChI=1S/C21H26ClN3O2/c1-16(26)25(22)20-9-5-4-8-17(20)10-11-19-14-18(21(27)23(19)2)15-24-12-6-3-7-13-24/h4-5,8-9,18-19H,3,6-7,12-15H2,1-2H3/t18-,19-/m0/s1. The topological polar surface area (TPSA) is 43.9 Å². The maximum atomic E-state index is 12.6. The third kappa shape index (κ3) is 4.63. The number of benzene rings is 1. The minimum Gasteiger partial charge on any atom is -0.332 e. The Hall–Kier alpha value is -2.03. The fourth-order valence-electron chi connectivity index (χ4n) is 3.81. The van der Waals surface area contributed by atoms with Gasteiger partial charge >= 0.3 is 0 Å². The molecule has 2 saturated heterocycles. The molecule has 2 heterocycles. The molecule has 2 amide bonds. The summed E-state index contributed by atoms with van der Waals surface area (Å²) in [6.45, 7) is 4.42. The molecule has 3 rings (SSSR count). The Kier molecular flexibility index (Phi) is 6.41. The van der Waals surface area contributed by atoms with Gasteiger partial charge < -0.3 is 9.80 Å². The van der Waals surface area contributed by atoms with Crippen LogP contribution in [0.15, 0.2) is 24.3 Å². The second-order valence-electron chi connectivity index (χ2n) is 7.35. The van der Waals surface area contributed by atoms with E-state index in [0.29, 0.717) is 11.3 Å². The zero-order valence-electron chi connectivity index (χ0n) is 15.9. The van der Waals surface area contributed by atoms with E-state index in [1.54, 1.807) is 11.0 Å². The Balaban J connectivity index is 1.72. The van der Waals surface area contributed by atoms with Crippen molar-refractivity contribution in [1.29, 1.82) is 0 Å². The van der Waals surface area contributed by atoms with Gasteiger partial charge in [-0.1, -0.05) is 30.4 Å². The van der Waals surface area contributed by atoms with E-state index in [1.165, 1.54) is 26.2 Å². The second kappa shape index (κ2) is 8.77. The van der Waals surface area contributed by atoms with Gasteiger partial charge in [0.25, 0.3) is 0 Å². The van der Waals surface area contributed by atoms with Crippen molar-refractivity contribution in [2.24, 2.45) is 5.92 Å². The summed E-state index contributed by atoms with van der Waals surface area (Å²) in [6.07, 6.45) is 4.49. The number of carbonyl (C=O) groups is 2. The first-order valence-electron chi connectivity index (χ1n) is 9.53. The van der Waals surface area contributed by atoms with Crippen molar-refractivity contribution >= 4 is 29.3 Å². The van der Waals surface area contributed by atoms with Crippen molar-refractivity contribution in [2.45, 2.75) is 38.6 Å². The highest BCUT2D eigenvalue weighted by Crippen LogP contribution is 2.26. The molecular weight excluding hydrogens is 362 g/mol. The minimum atomic E-state index is -0.263. The maximum Gasteiger partial charge on any atom is 0.238 e. The Morgan fingerprint density at radius 1 is 1.26 bits per heavy atom. The monoisotopic (exact) mass is 387 g/mol. The second-order valence-corrected chi connectivity index (χ2v) is 7.68. The van der Waals surface area contributed by atoms with Gasteiger partial charge in [0.05, 0.1) is 17.6 Å². The van der Waals surface area contributed by atoms with Gasteiger partial charge in [-0.15, -0.1) is 0 Å². The SMILES string of the molecule is CC(=O)N(Cl)c1ccccc1C#C[C@H]1C[C@@H](CN2CCCCC2)C(=O)N1C. The van der Waals surface area contributed by atoms with Crippen LogP contribution in [0.5, 0.6) is 0 Å². The molecule has 6 heteroatoms. The molecule has 1 aromatic rings. The summed E-state index contributed by atoms with van der Waals surface area (Å²) in [6, 6.07) is 7.17. The van der Waals surface area contributed by atoms with Gasteiger partial charge in [-0.05, 0) is 44.5 Å². The van der Waals surface area contributed by atoms with Crippen LogP contribution in [0.4, 0.5) is 5.69 Å². The molecule has 0 aromatic heterocycles. The van der Waals surface area contributed by atoms with E-state index in [2.05, 4.69) is 16.7 Å². The van der Waals surface area contributed by atoms with Crippen LogP contribution in [-0.4, -0.2) is 54.3 Å². The summed E-state index contributed by atoms with van der Waals surface area (Å²) in [7, 11) is 1.83. The van der Waals surface area contributed by atoms with E-state index in [4.69, 9.17) is 11.8 Å². The molecule has 2 aliphatic heterocycles. The molecule has 2 atom stereocenters. The highest BCUT2D eigenvalue weighted by molar-refractivity contribution is 6.36. The number of piperidine rings is 1. The molecule has 0 radical (unpaired) electrons. The lowest BCUT2D eigenvalue weighted by atomic mass is 10.0. The maximum absolute atomic E-state index is 12.6. The summed E-state index contributed by atoms with van der Waals surface area (Å²) in [5.41, 5.74) is 1.25. The van der Waals surface area contributed by atoms with Crippen molar-refractivity contribution < 1.29 is 9.59 Å². The van der Waals surface area contributed by atoms with E-state index < -0.39 is 0 Å². The van der Waals surface area contributed by atoms with E-state index in [0.717, 1.165) is 30.5 Å². The quantitative estimate of drug-likeness (QED) is 0.591. The van der Waals surface area contributed by atoms with Crippen LogP contribution < -0.4 is 4.42 Å². The lowest BCUT2D eigenvalue weighted by Gasteiger charge is -2.28. The van der Waals surface area contributed by atoms with Gasteiger partial charge in [-0.3, -0.25) is 9.59 Å². The van der Waals surface area contributed by atoms with Crippen LogP contribution in [0.3, 0.4) is 0 Å². The van der Waals surface area contributed by atoms with E-state index in [1.807, 2.05) is 25.2 Å².